The maximum absolute atomic E-state index is 2.40. The second kappa shape index (κ2) is 4.86. The van der Waals surface area contributed by atoms with Gasteiger partial charge in [-0.3, -0.25) is 0 Å². The highest BCUT2D eigenvalue weighted by atomic mass is 15.0. The van der Waals surface area contributed by atoms with Gasteiger partial charge in [-0.25, -0.2) is 0 Å². The molecule has 72 valence electrons. The summed E-state index contributed by atoms with van der Waals surface area (Å²) in [6.07, 6.45) is 7.32. The smallest absolute Gasteiger partial charge is 0.00222 e. The fourth-order valence-corrected chi connectivity index (χ4v) is 2.26. The lowest BCUT2D eigenvalue weighted by Crippen LogP contribution is -2.20. The Kier molecular flexibility index (Phi) is 4.07. The second-order valence-corrected chi connectivity index (χ2v) is 4.73. The van der Waals surface area contributed by atoms with E-state index in [2.05, 4.69) is 25.9 Å². The Morgan fingerprint density at radius 1 is 1.25 bits per heavy atom. The van der Waals surface area contributed by atoms with Crippen molar-refractivity contribution in [2.45, 2.75) is 39.0 Å². The normalized spacial score (nSPS) is 31.0. The van der Waals surface area contributed by atoms with Crippen molar-refractivity contribution < 1.29 is 0 Å². The zero-order valence-corrected chi connectivity index (χ0v) is 8.84. The molecular weight excluding hydrogens is 146 g/mol. The van der Waals surface area contributed by atoms with Crippen LogP contribution in [0.4, 0.5) is 0 Å². The van der Waals surface area contributed by atoms with E-state index < -0.39 is 0 Å². The predicted molar refractivity (Wildman–Crippen MR) is 54.3 cm³/mol. The average molecular weight is 169 g/mol. The van der Waals surface area contributed by atoms with E-state index in [1.807, 2.05) is 0 Å². The minimum absolute atomic E-state index is 0.992. The third-order valence-corrected chi connectivity index (χ3v) is 3.03. The first kappa shape index (κ1) is 10.0. The van der Waals surface area contributed by atoms with Gasteiger partial charge < -0.3 is 4.90 Å². The first-order valence-electron chi connectivity index (χ1n) is 5.33. The van der Waals surface area contributed by atoms with Crippen molar-refractivity contribution in [3.05, 3.63) is 0 Å². The van der Waals surface area contributed by atoms with Crippen molar-refractivity contribution in [3.63, 3.8) is 0 Å². The van der Waals surface area contributed by atoms with Crippen LogP contribution in [0.25, 0.3) is 0 Å². The molecular formula is C11H23N. The Labute approximate surface area is 77.1 Å². The van der Waals surface area contributed by atoms with Crippen molar-refractivity contribution in [3.8, 4) is 0 Å². The number of rotatable bonds is 3. The van der Waals surface area contributed by atoms with E-state index in [9.17, 15) is 0 Å². The summed E-state index contributed by atoms with van der Waals surface area (Å²) in [5.74, 6) is 2.02. The molecule has 0 N–H and O–H groups in total. The Morgan fingerprint density at radius 3 is 2.58 bits per heavy atom. The van der Waals surface area contributed by atoms with Crippen LogP contribution in [0.2, 0.25) is 0 Å². The first-order chi connectivity index (χ1) is 5.68. The molecule has 0 saturated heterocycles. The van der Waals surface area contributed by atoms with E-state index in [1.165, 1.54) is 38.6 Å². The van der Waals surface area contributed by atoms with Crippen LogP contribution >= 0.6 is 0 Å². The van der Waals surface area contributed by atoms with Crippen LogP contribution in [0.5, 0.6) is 0 Å². The average Bonchev–Trinajstić information content (AvgIpc) is 2.01. The molecule has 12 heavy (non-hydrogen) atoms. The lowest BCUT2D eigenvalue weighted by atomic mass is 9.81. The Bertz CT molecular complexity index is 120. The molecule has 0 radical (unpaired) electrons. The van der Waals surface area contributed by atoms with E-state index >= 15 is 0 Å². The molecule has 1 fully saturated rings. The summed E-state index contributed by atoms with van der Waals surface area (Å²) < 4.78 is 0. The standard InChI is InChI=1S/C11H23N/c1-10-5-4-6-11(9-10)7-8-12(2)3/h10-11H,4-9H2,1-3H3. The molecule has 0 aliphatic heterocycles. The van der Waals surface area contributed by atoms with E-state index in [1.54, 1.807) is 0 Å². The molecule has 1 rings (SSSR count). The van der Waals surface area contributed by atoms with Gasteiger partial charge in [0.15, 0.2) is 0 Å². The van der Waals surface area contributed by atoms with Gasteiger partial charge in [0.25, 0.3) is 0 Å². The van der Waals surface area contributed by atoms with Gasteiger partial charge in [-0.1, -0.05) is 26.2 Å². The third kappa shape index (κ3) is 3.57. The maximum Gasteiger partial charge on any atom is -0.00222 e. The van der Waals surface area contributed by atoms with E-state index in [4.69, 9.17) is 0 Å². The second-order valence-electron chi connectivity index (χ2n) is 4.73. The molecule has 1 aliphatic rings. The molecule has 2 atom stereocenters. The molecule has 1 nitrogen and oxygen atoms in total. The van der Waals surface area contributed by atoms with Crippen LogP contribution < -0.4 is 0 Å². The highest BCUT2D eigenvalue weighted by Gasteiger charge is 2.18. The van der Waals surface area contributed by atoms with Gasteiger partial charge in [0.1, 0.15) is 0 Å². The molecule has 1 saturated carbocycles. The summed E-state index contributed by atoms with van der Waals surface area (Å²) in [6.45, 7) is 3.68. The molecule has 0 aromatic carbocycles. The molecule has 0 spiro atoms. The summed E-state index contributed by atoms with van der Waals surface area (Å²) in [5, 5.41) is 0. The van der Waals surface area contributed by atoms with Crippen molar-refractivity contribution >= 4 is 0 Å². The van der Waals surface area contributed by atoms with Crippen molar-refractivity contribution in [1.29, 1.82) is 0 Å². The summed E-state index contributed by atoms with van der Waals surface area (Å²) in [7, 11) is 4.35. The maximum atomic E-state index is 2.40. The van der Waals surface area contributed by atoms with Crippen LogP contribution in [-0.4, -0.2) is 25.5 Å². The highest BCUT2D eigenvalue weighted by Crippen LogP contribution is 2.30. The molecule has 1 heteroatoms. The first-order valence-corrected chi connectivity index (χ1v) is 5.33. The van der Waals surface area contributed by atoms with Gasteiger partial charge in [-0.15, -0.1) is 0 Å². The Balaban J connectivity index is 2.14. The van der Waals surface area contributed by atoms with Gasteiger partial charge in [-0.05, 0) is 45.3 Å². The largest absolute Gasteiger partial charge is 0.309 e. The number of hydrogen-bond donors (Lipinski definition) is 0. The Hall–Kier alpha value is -0.0400. The highest BCUT2D eigenvalue weighted by molar-refractivity contribution is 4.70. The molecule has 0 aromatic rings. The van der Waals surface area contributed by atoms with Crippen molar-refractivity contribution in [2.24, 2.45) is 11.8 Å². The van der Waals surface area contributed by atoms with E-state index in [-0.39, 0.29) is 0 Å². The van der Waals surface area contributed by atoms with Gasteiger partial charge in [-0.2, -0.15) is 0 Å². The van der Waals surface area contributed by atoms with Crippen molar-refractivity contribution in [2.75, 3.05) is 20.6 Å². The SMILES string of the molecule is CC1CCCC(CCN(C)C)C1. The minimum Gasteiger partial charge on any atom is -0.309 e. The third-order valence-electron chi connectivity index (χ3n) is 3.03. The quantitative estimate of drug-likeness (QED) is 0.628. The Morgan fingerprint density at radius 2 is 2.00 bits per heavy atom. The van der Waals surface area contributed by atoms with Gasteiger partial charge >= 0.3 is 0 Å². The van der Waals surface area contributed by atoms with E-state index in [0.29, 0.717) is 0 Å². The van der Waals surface area contributed by atoms with Crippen LogP contribution in [0.3, 0.4) is 0 Å². The number of hydrogen-bond acceptors (Lipinski definition) is 1. The summed E-state index contributed by atoms with van der Waals surface area (Å²) in [6, 6.07) is 0. The monoisotopic (exact) mass is 169 g/mol. The summed E-state index contributed by atoms with van der Waals surface area (Å²) in [4.78, 5) is 2.30. The lowest BCUT2D eigenvalue weighted by Gasteiger charge is -2.27. The molecule has 2 unspecified atom stereocenters. The van der Waals surface area contributed by atoms with Gasteiger partial charge in [0.05, 0.1) is 0 Å². The zero-order valence-electron chi connectivity index (χ0n) is 8.84. The molecule has 0 heterocycles. The fraction of sp³-hybridized carbons (Fsp3) is 1.00. The summed E-state index contributed by atoms with van der Waals surface area (Å²) >= 11 is 0. The van der Waals surface area contributed by atoms with Crippen LogP contribution in [0.1, 0.15) is 39.0 Å². The lowest BCUT2D eigenvalue weighted by molar-refractivity contribution is 0.245. The predicted octanol–water partition coefficient (Wildman–Crippen LogP) is 2.76. The minimum atomic E-state index is 0.992. The number of nitrogens with zero attached hydrogens (tertiary/aromatic N) is 1. The van der Waals surface area contributed by atoms with Crippen LogP contribution in [0, 0.1) is 11.8 Å². The van der Waals surface area contributed by atoms with Crippen molar-refractivity contribution in [1.82, 2.24) is 4.90 Å². The van der Waals surface area contributed by atoms with Crippen LogP contribution in [0.15, 0.2) is 0 Å². The zero-order chi connectivity index (χ0) is 8.97. The van der Waals surface area contributed by atoms with Gasteiger partial charge in [0.2, 0.25) is 0 Å². The fourth-order valence-electron chi connectivity index (χ4n) is 2.26. The summed E-state index contributed by atoms with van der Waals surface area (Å²) in [5.41, 5.74) is 0. The van der Waals surface area contributed by atoms with Gasteiger partial charge in [0, 0.05) is 0 Å². The van der Waals surface area contributed by atoms with E-state index in [0.717, 1.165) is 11.8 Å². The molecule has 1 aliphatic carbocycles. The van der Waals surface area contributed by atoms with Crippen LogP contribution in [-0.2, 0) is 0 Å². The topological polar surface area (TPSA) is 3.24 Å². The molecule has 0 bridgehead atoms. The molecule has 0 aromatic heterocycles. The molecule has 0 amide bonds.